The SMILES string of the molecule is Cc1noc2nc(-c3ccccc3)cc(C(=O)N(Cc3ccc(C(N)=O)cc3)C3CC3)c12. The van der Waals surface area contributed by atoms with Crippen LogP contribution in [-0.2, 0) is 6.54 Å². The fourth-order valence-electron chi connectivity index (χ4n) is 3.90. The Bertz CT molecular complexity index is 1310. The molecular weight excluding hydrogens is 404 g/mol. The van der Waals surface area contributed by atoms with Crippen molar-refractivity contribution in [1.29, 1.82) is 0 Å². The Hall–Kier alpha value is -4.00. The summed E-state index contributed by atoms with van der Waals surface area (Å²) in [5.74, 6) is -0.551. The summed E-state index contributed by atoms with van der Waals surface area (Å²) in [5, 5.41) is 4.69. The summed E-state index contributed by atoms with van der Waals surface area (Å²) in [6.07, 6.45) is 1.93. The Labute approximate surface area is 184 Å². The van der Waals surface area contributed by atoms with Crippen molar-refractivity contribution in [1.82, 2.24) is 15.0 Å². The highest BCUT2D eigenvalue weighted by Crippen LogP contribution is 2.33. The van der Waals surface area contributed by atoms with Crippen molar-refractivity contribution >= 4 is 22.9 Å². The maximum Gasteiger partial charge on any atom is 0.259 e. The van der Waals surface area contributed by atoms with Gasteiger partial charge in [-0.1, -0.05) is 47.6 Å². The molecule has 0 spiro atoms. The number of carbonyl (C=O) groups is 2. The number of hydrogen-bond acceptors (Lipinski definition) is 5. The molecule has 0 aliphatic heterocycles. The molecular formula is C25H22N4O3. The maximum absolute atomic E-state index is 13.8. The molecule has 2 aromatic carbocycles. The van der Waals surface area contributed by atoms with Crippen LogP contribution in [0.3, 0.4) is 0 Å². The number of rotatable bonds is 6. The summed E-state index contributed by atoms with van der Waals surface area (Å²) in [6, 6.07) is 18.8. The summed E-state index contributed by atoms with van der Waals surface area (Å²) in [6.45, 7) is 2.26. The topological polar surface area (TPSA) is 102 Å². The third-order valence-electron chi connectivity index (χ3n) is 5.76. The van der Waals surface area contributed by atoms with Crippen molar-refractivity contribution in [2.75, 3.05) is 0 Å². The van der Waals surface area contributed by atoms with Gasteiger partial charge in [0.1, 0.15) is 0 Å². The van der Waals surface area contributed by atoms with Gasteiger partial charge in [0.2, 0.25) is 5.91 Å². The van der Waals surface area contributed by atoms with Gasteiger partial charge in [-0.25, -0.2) is 4.98 Å². The number of primary amides is 1. The number of aryl methyl sites for hydroxylation is 1. The number of hydrogen-bond donors (Lipinski definition) is 1. The van der Waals surface area contributed by atoms with Gasteiger partial charge in [0, 0.05) is 23.7 Å². The van der Waals surface area contributed by atoms with E-state index in [1.165, 1.54) is 0 Å². The first-order valence-electron chi connectivity index (χ1n) is 10.5. The Balaban J connectivity index is 1.54. The molecule has 160 valence electrons. The second kappa shape index (κ2) is 7.92. The first kappa shape index (κ1) is 19.9. The average molecular weight is 426 g/mol. The molecule has 0 bridgehead atoms. The second-order valence-electron chi connectivity index (χ2n) is 8.09. The van der Waals surface area contributed by atoms with Crippen LogP contribution in [0.25, 0.3) is 22.4 Å². The Morgan fingerprint density at radius 3 is 2.47 bits per heavy atom. The summed E-state index contributed by atoms with van der Waals surface area (Å²) < 4.78 is 5.44. The summed E-state index contributed by atoms with van der Waals surface area (Å²) in [7, 11) is 0. The van der Waals surface area contributed by atoms with Crippen molar-refractivity contribution in [2.45, 2.75) is 32.4 Å². The lowest BCUT2D eigenvalue weighted by Gasteiger charge is -2.23. The van der Waals surface area contributed by atoms with Crippen molar-refractivity contribution < 1.29 is 14.1 Å². The number of aromatic nitrogens is 2. The van der Waals surface area contributed by atoms with E-state index in [1.807, 2.05) is 60.4 Å². The lowest BCUT2D eigenvalue weighted by molar-refractivity contribution is 0.0731. The summed E-state index contributed by atoms with van der Waals surface area (Å²) in [5.41, 5.74) is 9.82. The predicted molar refractivity (Wildman–Crippen MR) is 120 cm³/mol. The van der Waals surface area contributed by atoms with Crippen molar-refractivity contribution in [2.24, 2.45) is 5.73 Å². The molecule has 2 aromatic heterocycles. The minimum absolute atomic E-state index is 0.0811. The van der Waals surface area contributed by atoms with Gasteiger partial charge in [-0.15, -0.1) is 0 Å². The van der Waals surface area contributed by atoms with E-state index in [9.17, 15) is 9.59 Å². The largest absolute Gasteiger partial charge is 0.366 e. The summed E-state index contributed by atoms with van der Waals surface area (Å²) >= 11 is 0. The average Bonchev–Trinajstić information content (AvgIpc) is 3.59. The van der Waals surface area contributed by atoms with Crippen LogP contribution in [0.2, 0.25) is 0 Å². The van der Waals surface area contributed by atoms with E-state index in [1.54, 1.807) is 12.1 Å². The lowest BCUT2D eigenvalue weighted by Crippen LogP contribution is -2.33. The minimum Gasteiger partial charge on any atom is -0.366 e. The lowest BCUT2D eigenvalue weighted by atomic mass is 10.0. The molecule has 0 unspecified atom stereocenters. The minimum atomic E-state index is -0.470. The molecule has 1 aliphatic rings. The summed E-state index contributed by atoms with van der Waals surface area (Å²) in [4.78, 5) is 31.7. The van der Waals surface area contributed by atoms with Crippen LogP contribution in [0.4, 0.5) is 0 Å². The smallest absolute Gasteiger partial charge is 0.259 e. The third-order valence-corrected chi connectivity index (χ3v) is 5.76. The van der Waals surface area contributed by atoms with E-state index in [0.717, 1.165) is 24.0 Å². The number of fused-ring (bicyclic) bond motifs is 1. The molecule has 2 amide bonds. The quantitative estimate of drug-likeness (QED) is 0.500. The number of amides is 2. The standard InChI is InChI=1S/C25H22N4O3/c1-15-22-20(13-21(27-24(22)32-28-15)17-5-3-2-4-6-17)25(31)29(19-11-12-19)14-16-7-9-18(10-8-16)23(26)30/h2-10,13,19H,11-12,14H2,1H3,(H2,26,30). The van der Waals surface area contributed by atoms with E-state index in [2.05, 4.69) is 10.1 Å². The van der Waals surface area contributed by atoms with Gasteiger partial charge >= 0.3 is 0 Å². The number of carbonyl (C=O) groups excluding carboxylic acids is 2. The monoisotopic (exact) mass is 426 g/mol. The van der Waals surface area contributed by atoms with Crippen LogP contribution in [0, 0.1) is 6.92 Å². The van der Waals surface area contributed by atoms with Gasteiger partial charge in [0.25, 0.3) is 11.6 Å². The van der Waals surface area contributed by atoms with Gasteiger partial charge in [0.05, 0.1) is 22.3 Å². The van der Waals surface area contributed by atoms with Gasteiger partial charge in [-0.05, 0) is 43.5 Å². The fraction of sp³-hybridized carbons (Fsp3) is 0.200. The molecule has 1 saturated carbocycles. The highest BCUT2D eigenvalue weighted by Gasteiger charge is 2.34. The zero-order valence-electron chi connectivity index (χ0n) is 17.6. The van der Waals surface area contributed by atoms with Crippen molar-refractivity contribution in [3.63, 3.8) is 0 Å². The van der Waals surface area contributed by atoms with Crippen molar-refractivity contribution in [3.05, 3.63) is 83.0 Å². The van der Waals surface area contributed by atoms with Crippen LogP contribution < -0.4 is 5.73 Å². The Kier molecular flexibility index (Phi) is 4.93. The second-order valence-corrected chi connectivity index (χ2v) is 8.09. The van der Waals surface area contributed by atoms with Gasteiger partial charge in [-0.3, -0.25) is 9.59 Å². The van der Waals surface area contributed by atoms with Gasteiger partial charge in [0.15, 0.2) is 0 Å². The fourth-order valence-corrected chi connectivity index (χ4v) is 3.90. The number of nitrogens with two attached hydrogens (primary N) is 1. The van der Waals surface area contributed by atoms with Crippen LogP contribution in [-0.4, -0.2) is 32.9 Å². The van der Waals surface area contributed by atoms with Crippen LogP contribution in [0.15, 0.2) is 65.2 Å². The molecule has 0 radical (unpaired) electrons. The molecule has 2 heterocycles. The third kappa shape index (κ3) is 3.73. The maximum atomic E-state index is 13.8. The molecule has 7 nitrogen and oxygen atoms in total. The van der Waals surface area contributed by atoms with E-state index in [4.69, 9.17) is 10.3 Å². The number of benzene rings is 2. The highest BCUT2D eigenvalue weighted by atomic mass is 16.5. The molecule has 1 fully saturated rings. The van der Waals surface area contributed by atoms with Crippen LogP contribution >= 0.6 is 0 Å². The normalized spacial score (nSPS) is 13.3. The van der Waals surface area contributed by atoms with E-state index in [-0.39, 0.29) is 11.9 Å². The Morgan fingerprint density at radius 2 is 1.81 bits per heavy atom. The van der Waals surface area contributed by atoms with E-state index >= 15 is 0 Å². The first-order valence-corrected chi connectivity index (χ1v) is 10.5. The van der Waals surface area contributed by atoms with Gasteiger partial charge in [-0.2, -0.15) is 0 Å². The molecule has 2 N–H and O–H groups in total. The molecule has 32 heavy (non-hydrogen) atoms. The predicted octanol–water partition coefficient (Wildman–Crippen LogP) is 4.10. The molecule has 1 aliphatic carbocycles. The van der Waals surface area contributed by atoms with Gasteiger partial charge < -0.3 is 15.2 Å². The van der Waals surface area contributed by atoms with E-state index < -0.39 is 5.91 Å². The first-order chi connectivity index (χ1) is 15.5. The zero-order valence-corrected chi connectivity index (χ0v) is 17.6. The highest BCUT2D eigenvalue weighted by molar-refractivity contribution is 6.07. The Morgan fingerprint density at radius 1 is 1.09 bits per heavy atom. The molecule has 0 atom stereocenters. The molecule has 4 aromatic rings. The molecule has 7 heteroatoms. The zero-order chi connectivity index (χ0) is 22.2. The van der Waals surface area contributed by atoms with Crippen molar-refractivity contribution in [3.8, 4) is 11.3 Å². The van der Waals surface area contributed by atoms with E-state index in [0.29, 0.717) is 40.2 Å². The van der Waals surface area contributed by atoms with Crippen LogP contribution in [0.1, 0.15) is 44.8 Å². The molecule has 5 rings (SSSR count). The number of nitrogens with zero attached hydrogens (tertiary/aromatic N) is 3. The number of pyridine rings is 1. The molecule has 0 saturated heterocycles. The van der Waals surface area contributed by atoms with Crippen LogP contribution in [0.5, 0.6) is 0 Å².